The molecule has 1 aliphatic heterocycles. The number of rotatable bonds is 4. The largest absolute Gasteiger partial charge is 0.378 e. The number of ether oxygens (including phenoxy) is 1. The van der Waals surface area contributed by atoms with E-state index in [0.29, 0.717) is 43.0 Å². The van der Waals surface area contributed by atoms with Crippen molar-refractivity contribution in [2.75, 3.05) is 36.5 Å². The van der Waals surface area contributed by atoms with Crippen molar-refractivity contribution in [3.05, 3.63) is 65.9 Å². The standard InChI is InChI=1S/C26H28F2N6O2/c1-16-5-6-19(31-25(35)18-14-30-34(23(18)28)26(2,3)4)22(27)21(16)17-13-20(32-9-11-36-12-10-32)24-29-7-8-33(24)15-17/h5-8,13-15H,9-12H2,1-4H3,(H,31,35). The number of hydrogen-bond acceptors (Lipinski definition) is 5. The fourth-order valence-corrected chi connectivity index (χ4v) is 4.45. The molecule has 8 nitrogen and oxygen atoms in total. The quantitative estimate of drug-likeness (QED) is 0.448. The number of hydrogen-bond donors (Lipinski definition) is 1. The van der Waals surface area contributed by atoms with Crippen LogP contribution in [0.5, 0.6) is 0 Å². The van der Waals surface area contributed by atoms with Crippen molar-refractivity contribution in [3.8, 4) is 11.1 Å². The van der Waals surface area contributed by atoms with Gasteiger partial charge >= 0.3 is 0 Å². The van der Waals surface area contributed by atoms with Crippen molar-refractivity contribution in [1.29, 1.82) is 0 Å². The Morgan fingerprint density at radius 2 is 1.92 bits per heavy atom. The highest BCUT2D eigenvalue weighted by Crippen LogP contribution is 2.35. The number of carbonyl (C=O) groups is 1. The lowest BCUT2D eigenvalue weighted by Gasteiger charge is -2.29. The second-order valence-corrected chi connectivity index (χ2v) is 9.88. The minimum atomic E-state index is -0.770. The molecule has 3 aromatic heterocycles. The van der Waals surface area contributed by atoms with Crippen molar-refractivity contribution < 1.29 is 18.3 Å². The molecule has 1 aromatic carbocycles. The smallest absolute Gasteiger partial charge is 0.262 e. The summed E-state index contributed by atoms with van der Waals surface area (Å²) in [5.41, 5.74) is 2.41. The van der Waals surface area contributed by atoms with Gasteiger partial charge in [-0.25, -0.2) is 14.1 Å². The third-order valence-corrected chi connectivity index (χ3v) is 6.30. The number of anilines is 2. The zero-order valence-corrected chi connectivity index (χ0v) is 20.7. The van der Waals surface area contributed by atoms with Gasteiger partial charge in [0.05, 0.1) is 36.3 Å². The normalized spacial score (nSPS) is 14.4. The number of nitrogens with one attached hydrogen (secondary N) is 1. The Labute approximate surface area is 207 Å². The number of carbonyl (C=O) groups excluding carboxylic acids is 1. The Morgan fingerprint density at radius 1 is 1.17 bits per heavy atom. The van der Waals surface area contributed by atoms with Crippen LogP contribution in [0.1, 0.15) is 36.7 Å². The molecule has 1 saturated heterocycles. The van der Waals surface area contributed by atoms with Crippen LogP contribution in [-0.2, 0) is 10.3 Å². The summed E-state index contributed by atoms with van der Waals surface area (Å²) in [7, 11) is 0. The van der Waals surface area contributed by atoms with Gasteiger partial charge in [-0.05, 0) is 45.4 Å². The highest BCUT2D eigenvalue weighted by Gasteiger charge is 2.26. The summed E-state index contributed by atoms with van der Waals surface area (Å²) in [4.78, 5) is 19.5. The first-order valence-electron chi connectivity index (χ1n) is 11.8. The average Bonchev–Trinajstić information content (AvgIpc) is 3.47. The van der Waals surface area contributed by atoms with Gasteiger partial charge in [-0.1, -0.05) is 6.07 Å². The molecule has 1 N–H and O–H groups in total. The molecule has 0 aliphatic carbocycles. The minimum absolute atomic E-state index is 0.0397. The third kappa shape index (κ3) is 4.21. The fraction of sp³-hybridized carbons (Fsp3) is 0.346. The van der Waals surface area contributed by atoms with Crippen molar-refractivity contribution in [1.82, 2.24) is 19.2 Å². The van der Waals surface area contributed by atoms with Gasteiger partial charge in [-0.3, -0.25) is 4.79 Å². The number of aromatic nitrogens is 4. The Kier molecular flexibility index (Phi) is 5.99. The van der Waals surface area contributed by atoms with Gasteiger partial charge in [0.15, 0.2) is 11.5 Å². The first-order chi connectivity index (χ1) is 17.1. The Bertz CT molecular complexity index is 1450. The maximum atomic E-state index is 15.9. The maximum Gasteiger partial charge on any atom is 0.262 e. The number of imidazole rings is 1. The minimum Gasteiger partial charge on any atom is -0.378 e. The number of pyridine rings is 1. The van der Waals surface area contributed by atoms with Crippen LogP contribution in [0.3, 0.4) is 0 Å². The fourth-order valence-electron chi connectivity index (χ4n) is 4.45. The summed E-state index contributed by atoms with van der Waals surface area (Å²) < 4.78 is 39.2. The van der Waals surface area contributed by atoms with Crippen LogP contribution in [0.15, 0.2) is 43.0 Å². The first kappa shape index (κ1) is 23.9. The number of fused-ring (bicyclic) bond motifs is 1. The molecule has 0 spiro atoms. The number of aryl methyl sites for hydroxylation is 1. The zero-order chi connectivity index (χ0) is 25.6. The zero-order valence-electron chi connectivity index (χ0n) is 20.7. The molecule has 1 aliphatic rings. The van der Waals surface area contributed by atoms with Crippen LogP contribution in [0.2, 0.25) is 0 Å². The second-order valence-electron chi connectivity index (χ2n) is 9.88. The number of nitrogens with zero attached hydrogens (tertiary/aromatic N) is 5. The molecule has 10 heteroatoms. The van der Waals surface area contributed by atoms with E-state index in [1.807, 2.05) is 29.8 Å². The number of halogens is 2. The van der Waals surface area contributed by atoms with Gasteiger partial charge < -0.3 is 19.4 Å². The van der Waals surface area contributed by atoms with Crippen LogP contribution >= 0.6 is 0 Å². The third-order valence-electron chi connectivity index (χ3n) is 6.30. The molecule has 4 heterocycles. The lowest BCUT2D eigenvalue weighted by atomic mass is 9.99. The molecular weight excluding hydrogens is 466 g/mol. The summed E-state index contributed by atoms with van der Waals surface area (Å²) in [6, 6.07) is 5.13. The van der Waals surface area contributed by atoms with E-state index in [1.165, 1.54) is 6.07 Å². The second kappa shape index (κ2) is 9.02. The SMILES string of the molecule is Cc1ccc(NC(=O)c2cnn(C(C)(C)C)c2F)c(F)c1-c1cc(N2CCOCC2)c2nccn2c1. The summed E-state index contributed by atoms with van der Waals surface area (Å²) in [6.45, 7) is 9.76. The van der Waals surface area contributed by atoms with Crippen LogP contribution < -0.4 is 10.2 Å². The van der Waals surface area contributed by atoms with Crippen molar-refractivity contribution >= 4 is 22.9 Å². The van der Waals surface area contributed by atoms with Gasteiger partial charge in [0.2, 0.25) is 5.95 Å². The number of morpholine rings is 1. The van der Waals surface area contributed by atoms with Crippen LogP contribution in [0.25, 0.3) is 16.8 Å². The lowest BCUT2D eigenvalue weighted by Crippen LogP contribution is -2.36. The molecule has 0 bridgehead atoms. The van der Waals surface area contributed by atoms with E-state index >= 15 is 4.39 Å². The summed E-state index contributed by atoms with van der Waals surface area (Å²) >= 11 is 0. The first-order valence-corrected chi connectivity index (χ1v) is 11.8. The molecule has 188 valence electrons. The maximum absolute atomic E-state index is 15.9. The van der Waals surface area contributed by atoms with Crippen molar-refractivity contribution in [2.45, 2.75) is 33.2 Å². The van der Waals surface area contributed by atoms with E-state index in [0.717, 1.165) is 22.2 Å². The number of amides is 1. The molecule has 0 saturated carbocycles. The van der Waals surface area contributed by atoms with Gasteiger partial charge in [0, 0.05) is 42.8 Å². The van der Waals surface area contributed by atoms with E-state index in [2.05, 4.69) is 20.3 Å². The molecule has 1 fully saturated rings. The van der Waals surface area contributed by atoms with Gasteiger partial charge in [-0.15, -0.1) is 0 Å². The Morgan fingerprint density at radius 3 is 2.61 bits per heavy atom. The highest BCUT2D eigenvalue weighted by atomic mass is 19.1. The molecule has 1 amide bonds. The molecule has 0 radical (unpaired) electrons. The van der Waals surface area contributed by atoms with Crippen molar-refractivity contribution in [2.24, 2.45) is 0 Å². The van der Waals surface area contributed by atoms with E-state index in [1.54, 1.807) is 33.0 Å². The molecule has 0 unspecified atom stereocenters. The van der Waals surface area contributed by atoms with Gasteiger partial charge in [-0.2, -0.15) is 9.49 Å². The molecule has 36 heavy (non-hydrogen) atoms. The highest BCUT2D eigenvalue weighted by molar-refractivity contribution is 6.04. The Balaban J connectivity index is 1.53. The average molecular weight is 495 g/mol. The molecule has 5 rings (SSSR count). The van der Waals surface area contributed by atoms with Gasteiger partial charge in [0.25, 0.3) is 5.91 Å². The van der Waals surface area contributed by atoms with Crippen LogP contribution in [-0.4, -0.2) is 51.4 Å². The van der Waals surface area contributed by atoms with E-state index in [-0.39, 0.29) is 11.3 Å². The summed E-state index contributed by atoms with van der Waals surface area (Å²) in [5.74, 6) is -2.14. The molecule has 4 aromatic rings. The topological polar surface area (TPSA) is 76.7 Å². The van der Waals surface area contributed by atoms with Crippen LogP contribution in [0.4, 0.5) is 20.2 Å². The van der Waals surface area contributed by atoms with E-state index < -0.39 is 23.2 Å². The monoisotopic (exact) mass is 494 g/mol. The van der Waals surface area contributed by atoms with E-state index in [9.17, 15) is 9.18 Å². The van der Waals surface area contributed by atoms with Crippen LogP contribution in [0, 0.1) is 18.7 Å². The molecule has 0 atom stereocenters. The van der Waals surface area contributed by atoms with E-state index in [4.69, 9.17) is 4.74 Å². The summed E-state index contributed by atoms with van der Waals surface area (Å²) in [5, 5.41) is 6.52. The lowest BCUT2D eigenvalue weighted by molar-refractivity contribution is 0.102. The number of benzene rings is 1. The predicted octanol–water partition coefficient (Wildman–Crippen LogP) is 4.63. The summed E-state index contributed by atoms with van der Waals surface area (Å²) in [6.07, 6.45) is 6.49. The predicted molar refractivity (Wildman–Crippen MR) is 133 cm³/mol. The van der Waals surface area contributed by atoms with Gasteiger partial charge in [0.1, 0.15) is 5.56 Å². The van der Waals surface area contributed by atoms with Crippen molar-refractivity contribution in [3.63, 3.8) is 0 Å². The molecular formula is C26H28F2N6O2. The Hall–Kier alpha value is -3.79.